The van der Waals surface area contributed by atoms with E-state index in [1.165, 1.54) is 0 Å². The molecule has 0 atom stereocenters. The fraction of sp³-hybridized carbons (Fsp3) is 0.200. The SMILES string of the molecule is COc1cc(/C=C2\NC(=S)NC2=O)ccc1OCCCOc1cccc(Cl)c1. The Bertz CT molecular complexity index is 917. The normalized spacial score (nSPS) is 14.6. The Labute approximate surface area is 173 Å². The van der Waals surface area contributed by atoms with Crippen LogP contribution in [0.1, 0.15) is 12.0 Å². The average molecular weight is 419 g/mol. The summed E-state index contributed by atoms with van der Waals surface area (Å²) in [6.07, 6.45) is 2.39. The first-order valence-electron chi connectivity index (χ1n) is 8.58. The van der Waals surface area contributed by atoms with Crippen LogP contribution in [-0.2, 0) is 4.79 Å². The van der Waals surface area contributed by atoms with Gasteiger partial charge in [0.05, 0.1) is 20.3 Å². The van der Waals surface area contributed by atoms with Crippen LogP contribution in [0.2, 0.25) is 5.02 Å². The lowest BCUT2D eigenvalue weighted by molar-refractivity contribution is -0.115. The van der Waals surface area contributed by atoms with Crippen LogP contribution >= 0.6 is 23.8 Å². The highest BCUT2D eigenvalue weighted by Crippen LogP contribution is 2.29. The summed E-state index contributed by atoms with van der Waals surface area (Å²) < 4.78 is 16.8. The van der Waals surface area contributed by atoms with Gasteiger partial charge >= 0.3 is 0 Å². The summed E-state index contributed by atoms with van der Waals surface area (Å²) in [6, 6.07) is 12.7. The summed E-state index contributed by atoms with van der Waals surface area (Å²) in [6.45, 7) is 0.975. The maximum absolute atomic E-state index is 11.7. The molecule has 1 aliphatic rings. The van der Waals surface area contributed by atoms with Crippen LogP contribution in [0.25, 0.3) is 6.08 Å². The van der Waals surface area contributed by atoms with Crippen LogP contribution in [0.5, 0.6) is 17.2 Å². The fourth-order valence-electron chi connectivity index (χ4n) is 2.53. The largest absolute Gasteiger partial charge is 0.493 e. The first-order chi connectivity index (χ1) is 13.5. The highest BCUT2D eigenvalue weighted by atomic mass is 35.5. The molecule has 0 radical (unpaired) electrons. The summed E-state index contributed by atoms with van der Waals surface area (Å²) in [5.41, 5.74) is 1.18. The monoisotopic (exact) mass is 418 g/mol. The quantitative estimate of drug-likeness (QED) is 0.388. The van der Waals surface area contributed by atoms with Crippen LogP contribution in [0, 0.1) is 0 Å². The number of methoxy groups -OCH3 is 1. The van der Waals surface area contributed by atoms with Crippen molar-refractivity contribution in [1.29, 1.82) is 0 Å². The van der Waals surface area contributed by atoms with Crippen LogP contribution in [-0.4, -0.2) is 31.3 Å². The minimum atomic E-state index is -0.260. The highest BCUT2D eigenvalue weighted by molar-refractivity contribution is 7.80. The molecule has 1 aliphatic heterocycles. The molecule has 0 aliphatic carbocycles. The van der Waals surface area contributed by atoms with Gasteiger partial charge < -0.3 is 19.5 Å². The van der Waals surface area contributed by atoms with E-state index in [2.05, 4.69) is 10.6 Å². The highest BCUT2D eigenvalue weighted by Gasteiger charge is 2.20. The first kappa shape index (κ1) is 20.0. The third-order valence-electron chi connectivity index (χ3n) is 3.83. The van der Waals surface area contributed by atoms with Gasteiger partial charge in [0, 0.05) is 11.4 Å². The van der Waals surface area contributed by atoms with E-state index in [0.717, 1.165) is 11.3 Å². The van der Waals surface area contributed by atoms with Gasteiger partial charge in [0.25, 0.3) is 5.91 Å². The summed E-state index contributed by atoms with van der Waals surface area (Å²) in [4.78, 5) is 11.7. The molecule has 2 N–H and O–H groups in total. The van der Waals surface area contributed by atoms with E-state index < -0.39 is 0 Å². The summed E-state index contributed by atoms with van der Waals surface area (Å²) in [7, 11) is 1.57. The number of carbonyl (C=O) groups excluding carboxylic acids is 1. The van der Waals surface area contributed by atoms with E-state index in [-0.39, 0.29) is 5.91 Å². The second-order valence-corrected chi connectivity index (χ2v) is 6.73. The minimum Gasteiger partial charge on any atom is -0.493 e. The molecule has 1 amide bonds. The number of thiocarbonyl (C=S) groups is 1. The smallest absolute Gasteiger partial charge is 0.273 e. The van der Waals surface area contributed by atoms with Crippen molar-refractivity contribution in [2.24, 2.45) is 0 Å². The Morgan fingerprint density at radius 2 is 1.89 bits per heavy atom. The Morgan fingerprint density at radius 1 is 1.07 bits per heavy atom. The summed E-state index contributed by atoms with van der Waals surface area (Å²) >= 11 is 10.8. The summed E-state index contributed by atoms with van der Waals surface area (Å²) in [5, 5.41) is 6.26. The molecule has 0 aromatic heterocycles. The van der Waals surface area contributed by atoms with Crippen molar-refractivity contribution in [3.8, 4) is 17.2 Å². The van der Waals surface area contributed by atoms with E-state index in [4.69, 9.17) is 38.0 Å². The molecule has 1 saturated heterocycles. The van der Waals surface area contributed by atoms with Crippen LogP contribution in [0.15, 0.2) is 48.2 Å². The number of hydrogen-bond acceptors (Lipinski definition) is 5. The first-order valence-corrected chi connectivity index (χ1v) is 9.37. The summed E-state index contributed by atoms with van der Waals surface area (Å²) in [5.74, 6) is 1.66. The molecule has 3 rings (SSSR count). The standard InChI is InChI=1S/C20H19ClN2O4S/c1-25-18-11-13(10-16-19(24)23-20(28)22-16)6-7-17(18)27-9-3-8-26-15-5-2-4-14(21)12-15/h2,4-7,10-12H,3,8-9H2,1H3,(H2,22,23,24,28)/b16-10-. The van der Waals surface area contributed by atoms with Gasteiger partial charge in [-0.1, -0.05) is 23.7 Å². The Hall–Kier alpha value is -2.77. The Morgan fingerprint density at radius 3 is 2.61 bits per heavy atom. The number of ether oxygens (including phenoxy) is 3. The number of hydrogen-bond donors (Lipinski definition) is 2. The molecule has 0 bridgehead atoms. The lowest BCUT2D eigenvalue weighted by atomic mass is 10.1. The van der Waals surface area contributed by atoms with Crippen LogP contribution in [0.4, 0.5) is 0 Å². The van der Waals surface area contributed by atoms with E-state index >= 15 is 0 Å². The molecule has 146 valence electrons. The maximum atomic E-state index is 11.7. The molecule has 6 nitrogen and oxygen atoms in total. The third kappa shape index (κ3) is 5.37. The van der Waals surface area contributed by atoms with Crippen molar-refractivity contribution in [1.82, 2.24) is 10.6 Å². The number of halogens is 1. The molecule has 1 fully saturated rings. The number of amides is 1. The lowest BCUT2D eigenvalue weighted by Gasteiger charge is -2.12. The van der Waals surface area contributed by atoms with Gasteiger partial charge in [0.1, 0.15) is 11.4 Å². The van der Waals surface area contributed by atoms with E-state index in [1.54, 1.807) is 37.5 Å². The van der Waals surface area contributed by atoms with Crippen molar-refractivity contribution in [3.05, 3.63) is 58.7 Å². The zero-order chi connectivity index (χ0) is 19.9. The molecule has 0 saturated carbocycles. The van der Waals surface area contributed by atoms with Crippen molar-refractivity contribution >= 4 is 40.9 Å². The van der Waals surface area contributed by atoms with Crippen LogP contribution in [0.3, 0.4) is 0 Å². The number of rotatable bonds is 8. The molecule has 0 unspecified atom stereocenters. The molecule has 0 spiro atoms. The topological polar surface area (TPSA) is 68.8 Å². The second-order valence-electron chi connectivity index (χ2n) is 5.88. The van der Waals surface area contributed by atoms with Gasteiger partial charge in [-0.05, 0) is 54.2 Å². The van der Waals surface area contributed by atoms with Crippen molar-refractivity contribution < 1.29 is 19.0 Å². The number of nitrogens with one attached hydrogen (secondary N) is 2. The molecule has 8 heteroatoms. The van der Waals surface area contributed by atoms with Crippen LogP contribution < -0.4 is 24.8 Å². The van der Waals surface area contributed by atoms with Crippen molar-refractivity contribution in [2.75, 3.05) is 20.3 Å². The molecule has 2 aromatic carbocycles. The predicted molar refractivity (Wildman–Crippen MR) is 112 cm³/mol. The molecular weight excluding hydrogens is 400 g/mol. The molecular formula is C20H19ClN2O4S. The van der Waals surface area contributed by atoms with Gasteiger partial charge in [-0.25, -0.2) is 0 Å². The molecule has 2 aromatic rings. The molecule has 1 heterocycles. The Kier molecular flexibility index (Phi) is 6.73. The van der Waals surface area contributed by atoms with Gasteiger partial charge in [-0.3, -0.25) is 10.1 Å². The van der Waals surface area contributed by atoms with E-state index in [9.17, 15) is 4.79 Å². The minimum absolute atomic E-state index is 0.260. The van der Waals surface area contributed by atoms with Gasteiger partial charge in [-0.2, -0.15) is 0 Å². The average Bonchev–Trinajstić information content (AvgIpc) is 2.99. The van der Waals surface area contributed by atoms with Crippen molar-refractivity contribution in [3.63, 3.8) is 0 Å². The zero-order valence-electron chi connectivity index (χ0n) is 15.2. The second kappa shape index (κ2) is 9.43. The zero-order valence-corrected chi connectivity index (χ0v) is 16.7. The van der Waals surface area contributed by atoms with E-state index in [0.29, 0.717) is 47.0 Å². The van der Waals surface area contributed by atoms with E-state index in [1.807, 2.05) is 18.2 Å². The number of carbonyl (C=O) groups is 1. The Balaban J connectivity index is 1.53. The third-order valence-corrected chi connectivity index (χ3v) is 4.27. The predicted octanol–water partition coefficient (Wildman–Crippen LogP) is 3.54. The number of benzene rings is 2. The van der Waals surface area contributed by atoms with Gasteiger partial charge in [0.2, 0.25) is 0 Å². The fourth-order valence-corrected chi connectivity index (χ4v) is 2.91. The van der Waals surface area contributed by atoms with Gasteiger partial charge in [-0.15, -0.1) is 0 Å². The van der Waals surface area contributed by atoms with Gasteiger partial charge in [0.15, 0.2) is 16.6 Å². The maximum Gasteiger partial charge on any atom is 0.273 e. The lowest BCUT2D eigenvalue weighted by Crippen LogP contribution is -2.21. The molecule has 28 heavy (non-hydrogen) atoms. The van der Waals surface area contributed by atoms with Crippen molar-refractivity contribution in [2.45, 2.75) is 6.42 Å².